The molecular weight excluding hydrogens is 434 g/mol. The molecule has 0 aliphatic carbocycles. The zero-order valence-electron chi connectivity index (χ0n) is 18.8. The Kier molecular flexibility index (Phi) is 5.81. The van der Waals surface area contributed by atoms with Crippen LogP contribution in [0.2, 0.25) is 5.02 Å². The van der Waals surface area contributed by atoms with E-state index in [9.17, 15) is 4.79 Å². The molecule has 1 aliphatic rings. The highest BCUT2D eigenvalue weighted by Gasteiger charge is 2.34. The molecule has 6 heteroatoms. The van der Waals surface area contributed by atoms with Crippen molar-refractivity contribution in [2.75, 3.05) is 18.1 Å². The van der Waals surface area contributed by atoms with Crippen molar-refractivity contribution in [3.8, 4) is 5.75 Å². The maximum Gasteiger partial charge on any atom is 0.227 e. The summed E-state index contributed by atoms with van der Waals surface area (Å²) in [6.07, 6.45) is 0.424. The number of anilines is 1. The Hall–Kier alpha value is -3.31. The van der Waals surface area contributed by atoms with Crippen molar-refractivity contribution < 1.29 is 9.53 Å². The Morgan fingerprint density at radius 2 is 1.88 bits per heavy atom. The van der Waals surface area contributed by atoms with E-state index in [4.69, 9.17) is 21.3 Å². The molecule has 1 unspecified atom stereocenters. The van der Waals surface area contributed by atoms with Crippen molar-refractivity contribution in [2.45, 2.75) is 32.7 Å². The van der Waals surface area contributed by atoms with E-state index in [-0.39, 0.29) is 11.8 Å². The molecule has 2 heterocycles. The molecule has 168 valence electrons. The highest BCUT2D eigenvalue weighted by Crippen LogP contribution is 2.34. The molecule has 5 rings (SSSR count). The lowest BCUT2D eigenvalue weighted by Gasteiger charge is -2.18. The topological polar surface area (TPSA) is 47.4 Å². The highest BCUT2D eigenvalue weighted by molar-refractivity contribution is 6.30. The number of carbonyl (C=O) groups excluding carboxylic acids is 1. The van der Waals surface area contributed by atoms with Gasteiger partial charge in [-0.1, -0.05) is 35.9 Å². The van der Waals surface area contributed by atoms with E-state index in [1.165, 1.54) is 11.1 Å². The molecule has 0 N–H and O–H groups in total. The number of benzene rings is 3. The lowest BCUT2D eigenvalue weighted by atomic mass is 10.1. The van der Waals surface area contributed by atoms with E-state index in [0.717, 1.165) is 28.3 Å². The molecule has 0 saturated carbocycles. The Bertz CT molecular complexity index is 1330. The predicted molar refractivity (Wildman–Crippen MR) is 132 cm³/mol. The number of hydrogen-bond donors (Lipinski definition) is 0. The lowest BCUT2D eigenvalue weighted by molar-refractivity contribution is -0.117. The standard InChI is InChI=1S/C27H26ClN3O2/c1-18-10-11-23(14-19(18)2)33-13-12-30-25-9-4-3-8-24(25)29-27(30)20-15-26(32)31(17-20)22-7-5-6-21(28)16-22/h3-11,14,16,20H,12-13,15,17H2,1-2H3. The fourth-order valence-corrected chi connectivity index (χ4v) is 4.66. The van der Waals surface area contributed by atoms with Gasteiger partial charge in [0.1, 0.15) is 18.2 Å². The summed E-state index contributed by atoms with van der Waals surface area (Å²) in [6, 6.07) is 21.7. The van der Waals surface area contributed by atoms with E-state index >= 15 is 0 Å². The van der Waals surface area contributed by atoms with E-state index in [0.29, 0.717) is 31.1 Å². The van der Waals surface area contributed by atoms with Gasteiger partial charge < -0.3 is 14.2 Å². The number of amides is 1. The molecule has 0 bridgehead atoms. The van der Waals surface area contributed by atoms with Gasteiger partial charge in [0.05, 0.1) is 17.6 Å². The second-order valence-corrected chi connectivity index (χ2v) is 9.03. The minimum Gasteiger partial charge on any atom is -0.492 e. The number of hydrogen-bond acceptors (Lipinski definition) is 3. The monoisotopic (exact) mass is 459 g/mol. The largest absolute Gasteiger partial charge is 0.492 e. The lowest BCUT2D eigenvalue weighted by Crippen LogP contribution is -2.24. The summed E-state index contributed by atoms with van der Waals surface area (Å²) >= 11 is 6.16. The van der Waals surface area contributed by atoms with Gasteiger partial charge in [-0.25, -0.2) is 4.98 Å². The molecule has 1 aliphatic heterocycles. The highest BCUT2D eigenvalue weighted by atomic mass is 35.5. The average Bonchev–Trinajstić information content (AvgIpc) is 3.37. The van der Waals surface area contributed by atoms with Crippen LogP contribution in [0.25, 0.3) is 11.0 Å². The quantitative estimate of drug-likeness (QED) is 0.360. The van der Waals surface area contributed by atoms with Gasteiger partial charge in [0, 0.05) is 29.6 Å². The van der Waals surface area contributed by atoms with Crippen molar-refractivity contribution in [3.05, 3.63) is 88.7 Å². The first-order valence-corrected chi connectivity index (χ1v) is 11.6. The average molecular weight is 460 g/mol. The molecule has 0 radical (unpaired) electrons. The molecule has 1 fully saturated rings. The minimum absolute atomic E-state index is 0.00509. The second-order valence-electron chi connectivity index (χ2n) is 8.59. The van der Waals surface area contributed by atoms with Crippen molar-refractivity contribution in [1.82, 2.24) is 9.55 Å². The number of carbonyl (C=O) groups is 1. The molecule has 1 atom stereocenters. The number of para-hydroxylation sites is 2. The van der Waals surface area contributed by atoms with Crippen molar-refractivity contribution in [1.29, 1.82) is 0 Å². The summed E-state index contributed by atoms with van der Waals surface area (Å²) in [5.41, 5.74) is 5.29. The van der Waals surface area contributed by atoms with Gasteiger partial charge in [-0.2, -0.15) is 0 Å². The number of ether oxygens (including phenoxy) is 1. The first kappa shape index (κ1) is 21.5. The summed E-state index contributed by atoms with van der Waals surface area (Å²) in [6.45, 7) is 5.95. The van der Waals surface area contributed by atoms with Crippen molar-refractivity contribution >= 4 is 34.2 Å². The van der Waals surface area contributed by atoms with Crippen LogP contribution in [0.3, 0.4) is 0 Å². The van der Waals surface area contributed by atoms with Crippen LogP contribution in [0.15, 0.2) is 66.7 Å². The number of imidazole rings is 1. The van der Waals surface area contributed by atoms with Gasteiger partial charge in [0.25, 0.3) is 0 Å². The molecule has 1 aromatic heterocycles. The van der Waals surface area contributed by atoms with Gasteiger partial charge in [0.2, 0.25) is 5.91 Å². The molecule has 33 heavy (non-hydrogen) atoms. The number of fused-ring (bicyclic) bond motifs is 1. The van der Waals surface area contributed by atoms with E-state index in [1.54, 1.807) is 0 Å². The molecular formula is C27H26ClN3O2. The molecule has 1 saturated heterocycles. The van der Waals surface area contributed by atoms with E-state index in [1.807, 2.05) is 53.4 Å². The second kappa shape index (κ2) is 8.91. The fourth-order valence-electron chi connectivity index (χ4n) is 4.47. The van der Waals surface area contributed by atoms with Crippen LogP contribution in [0.1, 0.15) is 29.3 Å². The zero-order valence-corrected chi connectivity index (χ0v) is 19.5. The summed E-state index contributed by atoms with van der Waals surface area (Å²) in [5, 5.41) is 0.625. The zero-order chi connectivity index (χ0) is 22.9. The third kappa shape index (κ3) is 4.33. The van der Waals surface area contributed by atoms with Crippen molar-refractivity contribution in [2.24, 2.45) is 0 Å². The summed E-state index contributed by atoms with van der Waals surface area (Å²) < 4.78 is 8.27. The molecule has 0 spiro atoms. The maximum atomic E-state index is 12.9. The Balaban J connectivity index is 1.40. The van der Waals surface area contributed by atoms with Gasteiger partial charge in [0.15, 0.2) is 0 Å². The fraction of sp³-hybridized carbons (Fsp3) is 0.259. The van der Waals surface area contributed by atoms with Crippen LogP contribution < -0.4 is 9.64 Å². The summed E-state index contributed by atoms with van der Waals surface area (Å²) in [7, 11) is 0. The van der Waals surface area contributed by atoms with Gasteiger partial charge in [-0.15, -0.1) is 0 Å². The first-order valence-electron chi connectivity index (χ1n) is 11.2. The molecule has 5 nitrogen and oxygen atoms in total. The first-order chi connectivity index (χ1) is 16.0. The van der Waals surface area contributed by atoms with Gasteiger partial charge in [-0.05, 0) is 67.4 Å². The predicted octanol–water partition coefficient (Wildman–Crippen LogP) is 5.91. The van der Waals surface area contributed by atoms with Gasteiger partial charge >= 0.3 is 0 Å². The summed E-state index contributed by atoms with van der Waals surface area (Å²) in [5.74, 6) is 1.89. The van der Waals surface area contributed by atoms with Crippen LogP contribution in [-0.2, 0) is 11.3 Å². The number of aromatic nitrogens is 2. The Morgan fingerprint density at radius 3 is 2.70 bits per heavy atom. The smallest absolute Gasteiger partial charge is 0.227 e. The normalized spacial score (nSPS) is 16.0. The van der Waals surface area contributed by atoms with Crippen LogP contribution >= 0.6 is 11.6 Å². The van der Waals surface area contributed by atoms with Crippen LogP contribution in [0, 0.1) is 13.8 Å². The minimum atomic E-state index is 0.00509. The number of rotatable bonds is 6. The van der Waals surface area contributed by atoms with E-state index in [2.05, 4.69) is 36.6 Å². The Labute approximate surface area is 198 Å². The Morgan fingerprint density at radius 1 is 1.03 bits per heavy atom. The molecule has 3 aromatic carbocycles. The summed E-state index contributed by atoms with van der Waals surface area (Å²) in [4.78, 5) is 19.6. The van der Waals surface area contributed by atoms with Crippen molar-refractivity contribution in [3.63, 3.8) is 0 Å². The number of halogens is 1. The van der Waals surface area contributed by atoms with Crippen LogP contribution in [-0.4, -0.2) is 28.6 Å². The number of nitrogens with zero attached hydrogens (tertiary/aromatic N) is 3. The van der Waals surface area contributed by atoms with Gasteiger partial charge in [-0.3, -0.25) is 4.79 Å². The SMILES string of the molecule is Cc1ccc(OCCn2c(C3CC(=O)N(c4cccc(Cl)c4)C3)nc3ccccc32)cc1C. The van der Waals surface area contributed by atoms with Crippen LogP contribution in [0.4, 0.5) is 5.69 Å². The van der Waals surface area contributed by atoms with E-state index < -0.39 is 0 Å². The third-order valence-corrected chi connectivity index (χ3v) is 6.59. The maximum absolute atomic E-state index is 12.9. The third-order valence-electron chi connectivity index (χ3n) is 6.36. The van der Waals surface area contributed by atoms with Crippen LogP contribution in [0.5, 0.6) is 5.75 Å². The number of aryl methyl sites for hydroxylation is 2. The molecule has 1 amide bonds. The molecule has 4 aromatic rings.